The van der Waals surface area contributed by atoms with Crippen LogP contribution in [0.4, 0.5) is 0 Å². The first-order valence-electron chi connectivity index (χ1n) is 6.46. The summed E-state index contributed by atoms with van der Waals surface area (Å²) in [5.41, 5.74) is 0. The zero-order chi connectivity index (χ0) is 15.4. The van der Waals surface area contributed by atoms with Gasteiger partial charge in [0.05, 0.1) is 6.54 Å². The summed E-state index contributed by atoms with van der Waals surface area (Å²) in [6.45, 7) is 3.03. The Labute approximate surface area is 120 Å². The lowest BCUT2D eigenvalue weighted by atomic mass is 10.2. The number of rotatable bonds is 7. The van der Waals surface area contributed by atoms with Gasteiger partial charge in [0, 0.05) is 6.54 Å². The molecule has 0 amide bonds. The highest BCUT2D eigenvalue weighted by molar-refractivity contribution is 5.72. The number of tetrazole rings is 2. The summed E-state index contributed by atoms with van der Waals surface area (Å²) in [5.74, 6) is -0.409. The average molecular weight is 295 g/mol. The van der Waals surface area contributed by atoms with E-state index in [9.17, 15) is 9.90 Å². The van der Waals surface area contributed by atoms with Crippen LogP contribution >= 0.6 is 0 Å². The Kier molecular flexibility index (Phi) is 4.52. The van der Waals surface area contributed by atoms with E-state index in [0.29, 0.717) is 18.8 Å². The Hall–Kier alpha value is -2.43. The molecule has 21 heavy (non-hydrogen) atoms. The Morgan fingerprint density at radius 1 is 1.24 bits per heavy atom. The summed E-state index contributed by atoms with van der Waals surface area (Å²) < 4.78 is 2.79. The molecule has 11 heteroatoms. The predicted molar refractivity (Wildman–Crippen MR) is 70.1 cm³/mol. The minimum absolute atomic E-state index is 0.244. The molecule has 0 saturated heterocycles. The van der Waals surface area contributed by atoms with E-state index in [1.165, 1.54) is 4.68 Å². The first-order valence-corrected chi connectivity index (χ1v) is 6.46. The fourth-order valence-electron chi connectivity index (χ4n) is 1.81. The molecule has 0 aliphatic rings. The molecule has 1 atom stereocenters. The predicted octanol–water partition coefficient (Wildman–Crippen LogP) is -1.08. The number of nitrogens with zero attached hydrogens (tertiary/aromatic N) is 9. The second-order valence-corrected chi connectivity index (χ2v) is 4.74. The average Bonchev–Trinajstić information content (AvgIpc) is 3.04. The Balaban J connectivity index is 2.33. The van der Waals surface area contributed by atoms with Crippen LogP contribution in [0.3, 0.4) is 0 Å². The van der Waals surface area contributed by atoms with Crippen LogP contribution in [-0.2, 0) is 11.3 Å². The van der Waals surface area contributed by atoms with Gasteiger partial charge in [-0.3, -0.25) is 0 Å². The number of carbonyl (C=O) groups is 1. The Morgan fingerprint density at radius 3 is 2.52 bits per heavy atom. The van der Waals surface area contributed by atoms with Crippen LogP contribution in [0.1, 0.15) is 19.4 Å². The van der Waals surface area contributed by atoms with Crippen molar-refractivity contribution in [3.8, 4) is 11.6 Å². The molecule has 2 heterocycles. The minimum atomic E-state index is -1.00. The molecule has 0 aromatic carbocycles. The van der Waals surface area contributed by atoms with Crippen molar-refractivity contribution in [3.63, 3.8) is 0 Å². The van der Waals surface area contributed by atoms with Crippen molar-refractivity contribution in [3.05, 3.63) is 0 Å². The topological polar surface area (TPSA) is 128 Å². The molecule has 2 aromatic heterocycles. The van der Waals surface area contributed by atoms with Crippen LogP contribution in [0.15, 0.2) is 0 Å². The molecule has 0 spiro atoms. The van der Waals surface area contributed by atoms with Crippen molar-refractivity contribution in [2.24, 2.45) is 0 Å². The number of carboxylic acid groups (broad SMARTS) is 1. The molecule has 0 aliphatic heterocycles. The van der Waals surface area contributed by atoms with Gasteiger partial charge in [-0.25, -0.2) is 14.2 Å². The molecule has 11 nitrogen and oxygen atoms in total. The van der Waals surface area contributed by atoms with Crippen LogP contribution in [0, 0.1) is 0 Å². The standard InChI is InChI=1S/C10H17N9O2/c1-4-7(10(20)21)19-9(12-14-16-19)8-11-13-15-18(8)6-5-17(2)3/h7H,4-6H2,1-3H3,(H,20,21). The monoisotopic (exact) mass is 295 g/mol. The van der Waals surface area contributed by atoms with Crippen molar-refractivity contribution in [2.75, 3.05) is 20.6 Å². The lowest BCUT2D eigenvalue weighted by Crippen LogP contribution is -2.23. The molecule has 0 bridgehead atoms. The fourth-order valence-corrected chi connectivity index (χ4v) is 1.81. The van der Waals surface area contributed by atoms with Gasteiger partial charge in [0.25, 0.3) is 0 Å². The van der Waals surface area contributed by atoms with Gasteiger partial charge >= 0.3 is 5.97 Å². The number of hydrogen-bond acceptors (Lipinski definition) is 8. The van der Waals surface area contributed by atoms with E-state index in [1.54, 1.807) is 11.6 Å². The van der Waals surface area contributed by atoms with Gasteiger partial charge in [-0.2, -0.15) is 0 Å². The largest absolute Gasteiger partial charge is 0.480 e. The SMILES string of the molecule is CCC(C(=O)O)n1nnnc1-c1nnnn1CCN(C)C. The van der Waals surface area contributed by atoms with E-state index in [0.717, 1.165) is 6.54 Å². The van der Waals surface area contributed by atoms with Crippen molar-refractivity contribution >= 4 is 5.97 Å². The third-order valence-electron chi connectivity index (χ3n) is 2.95. The van der Waals surface area contributed by atoms with E-state index < -0.39 is 12.0 Å². The quantitative estimate of drug-likeness (QED) is 0.678. The molecule has 1 unspecified atom stereocenters. The summed E-state index contributed by atoms with van der Waals surface area (Å²) in [4.78, 5) is 13.3. The van der Waals surface area contributed by atoms with E-state index in [2.05, 4.69) is 31.1 Å². The first-order chi connectivity index (χ1) is 10.0. The van der Waals surface area contributed by atoms with Gasteiger partial charge in [0.2, 0.25) is 11.6 Å². The lowest BCUT2D eigenvalue weighted by molar-refractivity contribution is -0.141. The minimum Gasteiger partial charge on any atom is -0.480 e. The Morgan fingerprint density at radius 2 is 1.90 bits per heavy atom. The molecule has 1 N–H and O–H groups in total. The summed E-state index contributed by atoms with van der Waals surface area (Å²) in [6, 6.07) is -0.853. The second-order valence-electron chi connectivity index (χ2n) is 4.74. The van der Waals surface area contributed by atoms with E-state index in [-0.39, 0.29) is 5.82 Å². The van der Waals surface area contributed by atoms with Gasteiger partial charge in [-0.05, 0) is 41.4 Å². The summed E-state index contributed by atoms with van der Waals surface area (Å²) in [5, 5.41) is 31.8. The summed E-state index contributed by atoms with van der Waals surface area (Å²) >= 11 is 0. The fraction of sp³-hybridized carbons (Fsp3) is 0.700. The zero-order valence-electron chi connectivity index (χ0n) is 12.1. The molecule has 0 radical (unpaired) electrons. The molecule has 114 valence electrons. The molecule has 0 saturated carbocycles. The van der Waals surface area contributed by atoms with Gasteiger partial charge < -0.3 is 10.0 Å². The maximum atomic E-state index is 11.3. The van der Waals surface area contributed by atoms with Crippen LogP contribution < -0.4 is 0 Å². The lowest BCUT2D eigenvalue weighted by Gasteiger charge is -2.12. The highest BCUT2D eigenvalue weighted by atomic mass is 16.4. The maximum Gasteiger partial charge on any atom is 0.328 e. The van der Waals surface area contributed by atoms with Crippen molar-refractivity contribution in [2.45, 2.75) is 25.9 Å². The maximum absolute atomic E-state index is 11.3. The normalized spacial score (nSPS) is 12.8. The van der Waals surface area contributed by atoms with Gasteiger partial charge in [-0.15, -0.1) is 10.2 Å². The van der Waals surface area contributed by atoms with Crippen LogP contribution in [-0.4, -0.2) is 77.0 Å². The molecular weight excluding hydrogens is 278 g/mol. The van der Waals surface area contributed by atoms with E-state index in [1.807, 2.05) is 19.0 Å². The van der Waals surface area contributed by atoms with Crippen molar-refractivity contribution in [1.82, 2.24) is 45.3 Å². The van der Waals surface area contributed by atoms with Crippen molar-refractivity contribution < 1.29 is 9.90 Å². The number of aromatic nitrogens is 8. The number of likely N-dealkylation sites (N-methyl/N-ethyl adjacent to an activating group) is 1. The summed E-state index contributed by atoms with van der Waals surface area (Å²) in [6.07, 6.45) is 0.354. The van der Waals surface area contributed by atoms with Crippen LogP contribution in [0.25, 0.3) is 11.6 Å². The number of hydrogen-bond donors (Lipinski definition) is 1. The highest BCUT2D eigenvalue weighted by Gasteiger charge is 2.26. The van der Waals surface area contributed by atoms with Crippen molar-refractivity contribution in [1.29, 1.82) is 0 Å². The van der Waals surface area contributed by atoms with Gasteiger partial charge in [-0.1, -0.05) is 6.92 Å². The smallest absolute Gasteiger partial charge is 0.328 e. The van der Waals surface area contributed by atoms with E-state index in [4.69, 9.17) is 0 Å². The molecule has 2 rings (SSSR count). The third-order valence-corrected chi connectivity index (χ3v) is 2.95. The third kappa shape index (κ3) is 3.18. The number of carboxylic acids is 1. The highest BCUT2D eigenvalue weighted by Crippen LogP contribution is 2.18. The second kappa shape index (κ2) is 6.35. The van der Waals surface area contributed by atoms with Gasteiger partial charge in [0.1, 0.15) is 0 Å². The molecular formula is C10H17N9O2. The molecule has 0 fully saturated rings. The summed E-state index contributed by atoms with van der Waals surface area (Å²) in [7, 11) is 3.87. The first kappa shape index (κ1) is 15.0. The van der Waals surface area contributed by atoms with E-state index >= 15 is 0 Å². The van der Waals surface area contributed by atoms with Gasteiger partial charge in [0.15, 0.2) is 6.04 Å². The van der Waals surface area contributed by atoms with Crippen LogP contribution in [0.2, 0.25) is 0 Å². The molecule has 2 aromatic rings. The Bertz CT molecular complexity index is 605. The zero-order valence-corrected chi connectivity index (χ0v) is 12.1. The number of aliphatic carboxylic acids is 1. The molecule has 0 aliphatic carbocycles. The van der Waals surface area contributed by atoms with Crippen LogP contribution in [0.5, 0.6) is 0 Å².